The third-order valence-corrected chi connectivity index (χ3v) is 7.99. The summed E-state index contributed by atoms with van der Waals surface area (Å²) in [5.74, 6) is -0.0911. The van der Waals surface area contributed by atoms with Crippen LogP contribution in [0.2, 0.25) is 5.02 Å². The Kier molecular flexibility index (Phi) is 8.61. The van der Waals surface area contributed by atoms with Gasteiger partial charge in [-0.05, 0) is 59.5 Å². The van der Waals surface area contributed by atoms with Crippen LogP contribution in [0.15, 0.2) is 114 Å². The largest absolute Gasteiger partial charge is 0.489 e. The van der Waals surface area contributed by atoms with Crippen molar-refractivity contribution < 1.29 is 17.9 Å². The zero-order chi connectivity index (χ0) is 26.3. The summed E-state index contributed by atoms with van der Waals surface area (Å²) in [4.78, 5) is 12.7. The van der Waals surface area contributed by atoms with E-state index in [2.05, 4.69) is 0 Å². The molecule has 8 heteroatoms. The number of nitrogens with two attached hydrogens (primary N) is 1. The molecule has 0 bridgehead atoms. The molecule has 0 aliphatic carbocycles. The third-order valence-electron chi connectivity index (χ3n) is 5.86. The van der Waals surface area contributed by atoms with E-state index in [0.717, 1.165) is 15.4 Å². The first-order valence-electron chi connectivity index (χ1n) is 11.7. The van der Waals surface area contributed by atoms with Crippen LogP contribution in [0.25, 0.3) is 0 Å². The predicted octanol–water partition coefficient (Wildman–Crippen LogP) is 5.38. The third kappa shape index (κ3) is 6.77. The van der Waals surface area contributed by atoms with Crippen LogP contribution in [0.3, 0.4) is 0 Å². The second-order valence-electron chi connectivity index (χ2n) is 8.46. The molecule has 0 aromatic heterocycles. The van der Waals surface area contributed by atoms with E-state index in [9.17, 15) is 13.2 Å². The molecule has 1 amide bonds. The molecule has 4 rings (SSSR count). The van der Waals surface area contributed by atoms with Crippen molar-refractivity contribution in [2.45, 2.75) is 24.0 Å². The number of halogens is 1. The minimum Gasteiger partial charge on any atom is -0.489 e. The van der Waals surface area contributed by atoms with Crippen molar-refractivity contribution >= 4 is 27.5 Å². The maximum Gasteiger partial charge on any atom is 0.244 e. The number of sulfonamides is 1. The molecule has 190 valence electrons. The number of primary amides is 1. The molecule has 4 aromatic carbocycles. The van der Waals surface area contributed by atoms with Crippen molar-refractivity contribution in [3.63, 3.8) is 0 Å². The van der Waals surface area contributed by atoms with Crippen molar-refractivity contribution in [3.05, 3.63) is 131 Å². The maximum absolute atomic E-state index is 13.8. The van der Waals surface area contributed by atoms with Crippen molar-refractivity contribution in [2.24, 2.45) is 5.73 Å². The molecule has 6 nitrogen and oxygen atoms in total. The van der Waals surface area contributed by atoms with Crippen LogP contribution in [0, 0.1) is 0 Å². The Balaban J connectivity index is 1.61. The summed E-state index contributed by atoms with van der Waals surface area (Å²) in [7, 11) is -4.09. The fourth-order valence-electron chi connectivity index (χ4n) is 4.01. The maximum atomic E-state index is 13.8. The Morgan fingerprint density at radius 1 is 0.838 bits per heavy atom. The van der Waals surface area contributed by atoms with Gasteiger partial charge in [0.25, 0.3) is 0 Å². The highest BCUT2D eigenvalue weighted by molar-refractivity contribution is 7.89. The topological polar surface area (TPSA) is 89.7 Å². The van der Waals surface area contributed by atoms with Crippen molar-refractivity contribution in [3.8, 4) is 5.75 Å². The molecule has 0 radical (unpaired) electrons. The van der Waals surface area contributed by atoms with E-state index in [1.54, 1.807) is 30.3 Å². The van der Waals surface area contributed by atoms with E-state index >= 15 is 0 Å². The smallest absolute Gasteiger partial charge is 0.244 e. The van der Waals surface area contributed by atoms with Crippen LogP contribution in [-0.2, 0) is 27.8 Å². The van der Waals surface area contributed by atoms with Crippen LogP contribution in [0.1, 0.15) is 22.7 Å². The van der Waals surface area contributed by atoms with E-state index in [0.29, 0.717) is 29.4 Å². The van der Waals surface area contributed by atoms with Gasteiger partial charge in [-0.3, -0.25) is 4.79 Å². The first kappa shape index (κ1) is 26.4. The molecule has 37 heavy (non-hydrogen) atoms. The minimum atomic E-state index is -4.09. The molecule has 2 N–H and O–H groups in total. The summed E-state index contributed by atoms with van der Waals surface area (Å²) < 4.78 is 34.6. The van der Waals surface area contributed by atoms with E-state index in [1.807, 2.05) is 54.6 Å². The molecule has 0 aliphatic heterocycles. The van der Waals surface area contributed by atoms with E-state index < -0.39 is 22.0 Å². The Bertz CT molecular complexity index is 1430. The summed E-state index contributed by atoms with van der Waals surface area (Å²) in [5.41, 5.74) is 8.16. The number of carbonyl (C=O) groups is 1. The van der Waals surface area contributed by atoms with Gasteiger partial charge in [0, 0.05) is 11.6 Å². The zero-order valence-corrected chi connectivity index (χ0v) is 21.6. The van der Waals surface area contributed by atoms with E-state index in [1.165, 1.54) is 24.3 Å². The minimum absolute atomic E-state index is 0.0234. The molecule has 0 heterocycles. The average Bonchev–Trinajstić information content (AvgIpc) is 2.91. The summed E-state index contributed by atoms with van der Waals surface area (Å²) in [5, 5.41) is 0.410. The highest BCUT2D eigenvalue weighted by Crippen LogP contribution is 2.29. The monoisotopic (exact) mass is 534 g/mol. The van der Waals surface area contributed by atoms with Crippen LogP contribution >= 0.6 is 11.6 Å². The fraction of sp³-hybridized carbons (Fsp3) is 0.138. The number of amides is 1. The van der Waals surface area contributed by atoms with Crippen molar-refractivity contribution in [1.29, 1.82) is 0 Å². The van der Waals surface area contributed by atoms with E-state index in [-0.39, 0.29) is 11.4 Å². The first-order chi connectivity index (χ1) is 17.8. The van der Waals surface area contributed by atoms with Gasteiger partial charge < -0.3 is 10.5 Å². The number of nitrogens with zero attached hydrogens (tertiary/aromatic N) is 1. The molecule has 1 atom stereocenters. The number of hydrogen-bond acceptors (Lipinski definition) is 4. The highest BCUT2D eigenvalue weighted by Gasteiger charge is 2.35. The predicted molar refractivity (Wildman–Crippen MR) is 145 cm³/mol. The normalized spacial score (nSPS) is 12.3. The second-order valence-corrected chi connectivity index (χ2v) is 10.8. The van der Waals surface area contributed by atoms with Gasteiger partial charge in [0.2, 0.25) is 15.9 Å². The van der Waals surface area contributed by atoms with Crippen LogP contribution in [0.5, 0.6) is 5.75 Å². The summed E-state index contributed by atoms with van der Waals surface area (Å²) in [6.07, 6.45) is 0.339. The Morgan fingerprint density at radius 2 is 1.46 bits per heavy atom. The fourth-order valence-corrected chi connectivity index (χ4v) is 5.72. The molecular formula is C29H27ClN2O4S. The lowest BCUT2D eigenvalue weighted by molar-refractivity contribution is -0.121. The Hall–Kier alpha value is -3.65. The molecule has 0 saturated carbocycles. The lowest BCUT2D eigenvalue weighted by atomic mass is 10.1. The Labute approximate surface area is 222 Å². The van der Waals surface area contributed by atoms with Gasteiger partial charge in [-0.15, -0.1) is 0 Å². The van der Waals surface area contributed by atoms with Crippen molar-refractivity contribution in [1.82, 2.24) is 4.31 Å². The van der Waals surface area contributed by atoms with Crippen LogP contribution in [0.4, 0.5) is 0 Å². The summed E-state index contributed by atoms with van der Waals surface area (Å²) in [6.45, 7) is 0.439. The number of rotatable bonds is 11. The first-order valence-corrected chi connectivity index (χ1v) is 13.5. The van der Waals surface area contributed by atoms with Crippen molar-refractivity contribution in [2.75, 3.05) is 6.54 Å². The van der Waals surface area contributed by atoms with Crippen LogP contribution < -0.4 is 10.5 Å². The summed E-state index contributed by atoms with van der Waals surface area (Å²) in [6, 6.07) is 30.6. The van der Waals surface area contributed by atoms with Gasteiger partial charge in [0.1, 0.15) is 18.4 Å². The number of hydrogen-bond donors (Lipinski definition) is 1. The molecule has 0 aliphatic rings. The quantitative estimate of drug-likeness (QED) is 0.280. The molecular weight excluding hydrogens is 508 g/mol. The van der Waals surface area contributed by atoms with Gasteiger partial charge in [-0.2, -0.15) is 4.31 Å². The van der Waals surface area contributed by atoms with Crippen LogP contribution in [-0.4, -0.2) is 25.2 Å². The van der Waals surface area contributed by atoms with E-state index in [4.69, 9.17) is 22.1 Å². The number of benzene rings is 4. The SMILES string of the molecule is NC(=O)C(c1ccccc1)N(CCc1cccc(OCc2ccccc2)c1)S(=O)(=O)c1ccc(Cl)cc1. The zero-order valence-electron chi connectivity index (χ0n) is 20.0. The summed E-state index contributed by atoms with van der Waals surface area (Å²) >= 11 is 5.98. The standard InChI is InChI=1S/C29H27ClN2O4S/c30-25-14-16-27(17-15-25)37(34,35)32(28(29(31)33)24-11-5-2-6-12-24)19-18-22-10-7-13-26(20-22)36-21-23-8-3-1-4-9-23/h1-17,20,28H,18-19,21H2,(H2,31,33). The number of ether oxygens (including phenoxy) is 1. The lowest BCUT2D eigenvalue weighted by Gasteiger charge is -2.29. The van der Waals surface area contributed by atoms with Gasteiger partial charge in [-0.1, -0.05) is 84.4 Å². The molecule has 1 unspecified atom stereocenters. The Morgan fingerprint density at radius 3 is 2.11 bits per heavy atom. The van der Waals surface area contributed by atoms with Gasteiger partial charge in [-0.25, -0.2) is 8.42 Å². The molecule has 0 spiro atoms. The molecule has 0 saturated heterocycles. The highest BCUT2D eigenvalue weighted by atomic mass is 35.5. The van der Waals surface area contributed by atoms with Gasteiger partial charge in [0.05, 0.1) is 4.90 Å². The molecule has 0 fully saturated rings. The number of carbonyl (C=O) groups excluding carboxylic acids is 1. The van der Waals surface area contributed by atoms with Gasteiger partial charge >= 0.3 is 0 Å². The second kappa shape index (κ2) is 12.1. The average molecular weight is 535 g/mol. The molecule has 4 aromatic rings. The van der Waals surface area contributed by atoms with Gasteiger partial charge in [0.15, 0.2) is 0 Å². The lowest BCUT2D eigenvalue weighted by Crippen LogP contribution is -2.42.